The first-order chi connectivity index (χ1) is 6.54. The highest BCUT2D eigenvalue weighted by Crippen LogP contribution is 2.10. The summed E-state index contributed by atoms with van der Waals surface area (Å²) in [6.07, 6.45) is 7.58. The lowest BCUT2D eigenvalue weighted by Gasteiger charge is -2.02. The van der Waals surface area contributed by atoms with Crippen molar-refractivity contribution in [3.63, 3.8) is 0 Å². The third kappa shape index (κ3) is 7.84. The van der Waals surface area contributed by atoms with Crippen LogP contribution < -0.4 is 0 Å². The van der Waals surface area contributed by atoms with Crippen molar-refractivity contribution in [2.45, 2.75) is 52.9 Å². The van der Waals surface area contributed by atoms with Gasteiger partial charge in [-0.1, -0.05) is 39.2 Å². The maximum absolute atomic E-state index is 10.4. The van der Waals surface area contributed by atoms with Crippen molar-refractivity contribution in [2.75, 3.05) is 0 Å². The van der Waals surface area contributed by atoms with Gasteiger partial charge < -0.3 is 5.11 Å². The van der Waals surface area contributed by atoms with E-state index in [1.54, 1.807) is 6.92 Å². The first kappa shape index (κ1) is 13.2. The minimum absolute atomic E-state index is 0.467. The fourth-order valence-corrected chi connectivity index (χ4v) is 1.28. The van der Waals surface area contributed by atoms with Crippen molar-refractivity contribution in [3.05, 3.63) is 11.6 Å². The van der Waals surface area contributed by atoms with Crippen LogP contribution in [0.15, 0.2) is 11.6 Å². The molecule has 0 amide bonds. The van der Waals surface area contributed by atoms with E-state index in [0.29, 0.717) is 5.57 Å². The summed E-state index contributed by atoms with van der Waals surface area (Å²) < 4.78 is 0. The van der Waals surface area contributed by atoms with Gasteiger partial charge in [0, 0.05) is 5.57 Å². The zero-order valence-electron chi connectivity index (χ0n) is 9.55. The van der Waals surface area contributed by atoms with Gasteiger partial charge in [-0.25, -0.2) is 4.79 Å². The van der Waals surface area contributed by atoms with E-state index < -0.39 is 5.97 Å². The van der Waals surface area contributed by atoms with Crippen LogP contribution in [0.3, 0.4) is 0 Å². The van der Waals surface area contributed by atoms with E-state index in [1.165, 1.54) is 19.3 Å². The zero-order valence-corrected chi connectivity index (χ0v) is 9.55. The summed E-state index contributed by atoms with van der Waals surface area (Å²) in [4.78, 5) is 10.4. The molecular weight excluding hydrogens is 176 g/mol. The molecule has 0 atom stereocenters. The van der Waals surface area contributed by atoms with Gasteiger partial charge in [0.1, 0.15) is 0 Å². The van der Waals surface area contributed by atoms with E-state index >= 15 is 0 Å². The lowest BCUT2D eigenvalue weighted by molar-refractivity contribution is -0.132. The normalized spacial score (nSPS) is 12.1. The third-order valence-corrected chi connectivity index (χ3v) is 2.27. The highest BCUT2D eigenvalue weighted by molar-refractivity contribution is 5.85. The maximum atomic E-state index is 10.4. The molecule has 1 N–H and O–H groups in total. The molecule has 0 aromatic carbocycles. The topological polar surface area (TPSA) is 37.3 Å². The Bertz CT molecular complexity index is 192. The van der Waals surface area contributed by atoms with Crippen LogP contribution in [0.4, 0.5) is 0 Å². The summed E-state index contributed by atoms with van der Waals surface area (Å²) in [7, 11) is 0. The molecule has 0 aliphatic rings. The SMILES string of the molecule is CC(=CCCCCCC(C)C)C(=O)O. The Morgan fingerprint density at radius 1 is 1.29 bits per heavy atom. The van der Waals surface area contributed by atoms with Crippen LogP contribution in [0.25, 0.3) is 0 Å². The molecule has 0 heterocycles. The van der Waals surface area contributed by atoms with Gasteiger partial charge in [0.15, 0.2) is 0 Å². The lowest BCUT2D eigenvalue weighted by Crippen LogP contribution is -1.95. The average Bonchev–Trinajstić information content (AvgIpc) is 2.09. The number of rotatable bonds is 7. The van der Waals surface area contributed by atoms with Crippen LogP contribution in [0, 0.1) is 5.92 Å². The fourth-order valence-electron chi connectivity index (χ4n) is 1.28. The first-order valence-electron chi connectivity index (χ1n) is 5.44. The maximum Gasteiger partial charge on any atom is 0.330 e. The van der Waals surface area contributed by atoms with Crippen LogP contribution in [0.1, 0.15) is 52.9 Å². The smallest absolute Gasteiger partial charge is 0.330 e. The zero-order chi connectivity index (χ0) is 11.0. The van der Waals surface area contributed by atoms with E-state index in [9.17, 15) is 4.79 Å². The predicted octanol–water partition coefficient (Wildman–Crippen LogP) is 3.62. The third-order valence-electron chi connectivity index (χ3n) is 2.27. The Balaban J connectivity index is 3.38. The van der Waals surface area contributed by atoms with Gasteiger partial charge in [0.05, 0.1) is 0 Å². The van der Waals surface area contributed by atoms with Gasteiger partial charge in [0.25, 0.3) is 0 Å². The standard InChI is InChI=1S/C12H22O2/c1-10(2)8-6-4-5-7-9-11(3)12(13)14/h9-10H,4-8H2,1-3H3,(H,13,14). The van der Waals surface area contributed by atoms with Crippen molar-refractivity contribution in [3.8, 4) is 0 Å². The number of aliphatic carboxylic acids is 1. The molecule has 2 nitrogen and oxygen atoms in total. The van der Waals surface area contributed by atoms with E-state index in [2.05, 4.69) is 13.8 Å². The van der Waals surface area contributed by atoms with Gasteiger partial charge in [-0.15, -0.1) is 0 Å². The molecule has 0 aliphatic carbocycles. The van der Waals surface area contributed by atoms with Gasteiger partial charge in [0.2, 0.25) is 0 Å². The molecule has 0 saturated carbocycles. The number of unbranched alkanes of at least 4 members (excludes halogenated alkanes) is 3. The predicted molar refractivity (Wildman–Crippen MR) is 59.3 cm³/mol. The van der Waals surface area contributed by atoms with Gasteiger partial charge >= 0.3 is 5.97 Å². The molecule has 0 aromatic rings. The Morgan fingerprint density at radius 3 is 2.43 bits per heavy atom. The molecule has 0 radical (unpaired) electrons. The largest absolute Gasteiger partial charge is 0.478 e. The Morgan fingerprint density at radius 2 is 1.93 bits per heavy atom. The number of carbonyl (C=O) groups is 1. The second-order valence-corrected chi connectivity index (χ2v) is 4.22. The summed E-state index contributed by atoms with van der Waals surface area (Å²) >= 11 is 0. The van der Waals surface area contributed by atoms with Crippen LogP contribution in [0.2, 0.25) is 0 Å². The van der Waals surface area contributed by atoms with Crippen LogP contribution in [-0.4, -0.2) is 11.1 Å². The average molecular weight is 198 g/mol. The molecule has 0 fully saturated rings. The van der Waals surface area contributed by atoms with Crippen LogP contribution in [0.5, 0.6) is 0 Å². The molecule has 0 spiro atoms. The summed E-state index contributed by atoms with van der Waals surface area (Å²) in [5.41, 5.74) is 0.467. The number of allylic oxidation sites excluding steroid dienone is 1. The van der Waals surface area contributed by atoms with Crippen LogP contribution >= 0.6 is 0 Å². The van der Waals surface area contributed by atoms with Crippen molar-refractivity contribution in [1.82, 2.24) is 0 Å². The molecule has 2 heteroatoms. The number of carboxylic acids is 1. The molecule has 0 aromatic heterocycles. The molecular formula is C12H22O2. The molecule has 0 aliphatic heterocycles. The van der Waals surface area contributed by atoms with E-state index in [4.69, 9.17) is 5.11 Å². The van der Waals surface area contributed by atoms with E-state index in [0.717, 1.165) is 18.8 Å². The number of hydrogen-bond acceptors (Lipinski definition) is 1. The quantitative estimate of drug-likeness (QED) is 0.501. The van der Waals surface area contributed by atoms with Gasteiger partial charge in [-0.2, -0.15) is 0 Å². The second kappa shape index (κ2) is 7.60. The number of hydrogen-bond donors (Lipinski definition) is 1. The highest BCUT2D eigenvalue weighted by Gasteiger charge is 1.98. The Labute approximate surface area is 87.0 Å². The summed E-state index contributed by atoms with van der Waals surface area (Å²) in [6, 6.07) is 0. The fraction of sp³-hybridized carbons (Fsp3) is 0.750. The molecule has 0 bridgehead atoms. The van der Waals surface area contributed by atoms with E-state index in [-0.39, 0.29) is 0 Å². The molecule has 14 heavy (non-hydrogen) atoms. The van der Waals surface area contributed by atoms with Crippen molar-refractivity contribution < 1.29 is 9.90 Å². The Hall–Kier alpha value is -0.790. The van der Waals surface area contributed by atoms with Gasteiger partial charge in [-0.3, -0.25) is 0 Å². The van der Waals surface area contributed by atoms with Crippen molar-refractivity contribution in [1.29, 1.82) is 0 Å². The Kier molecular flexibility index (Phi) is 7.17. The van der Waals surface area contributed by atoms with E-state index in [1.807, 2.05) is 6.08 Å². The highest BCUT2D eigenvalue weighted by atomic mass is 16.4. The van der Waals surface area contributed by atoms with Crippen molar-refractivity contribution >= 4 is 5.97 Å². The second-order valence-electron chi connectivity index (χ2n) is 4.22. The van der Waals surface area contributed by atoms with Crippen LogP contribution in [-0.2, 0) is 4.79 Å². The number of carboxylic acid groups (broad SMARTS) is 1. The molecule has 0 rings (SSSR count). The minimum Gasteiger partial charge on any atom is -0.478 e. The first-order valence-corrected chi connectivity index (χ1v) is 5.44. The summed E-state index contributed by atoms with van der Waals surface area (Å²) in [5, 5.41) is 8.59. The monoisotopic (exact) mass is 198 g/mol. The minimum atomic E-state index is -0.799. The molecule has 0 unspecified atom stereocenters. The van der Waals surface area contributed by atoms with Crippen molar-refractivity contribution in [2.24, 2.45) is 5.92 Å². The van der Waals surface area contributed by atoms with Gasteiger partial charge in [-0.05, 0) is 25.7 Å². The summed E-state index contributed by atoms with van der Waals surface area (Å²) in [6.45, 7) is 6.11. The molecule has 82 valence electrons. The molecule has 0 saturated heterocycles. The summed E-state index contributed by atoms with van der Waals surface area (Å²) in [5.74, 6) is -0.0153. The lowest BCUT2D eigenvalue weighted by atomic mass is 10.0.